The van der Waals surface area contributed by atoms with Crippen LogP contribution in [0.4, 0.5) is 5.69 Å². The number of carbonyl (C=O) groups is 3. The highest BCUT2D eigenvalue weighted by Crippen LogP contribution is 2.16. The molecule has 102 valence electrons. The Balaban J connectivity index is 2.39. The summed E-state index contributed by atoms with van der Waals surface area (Å²) in [6.45, 7) is 1.77. The molecule has 8 heteroatoms. The molecular weight excluding hydrogens is 272 g/mol. The van der Waals surface area contributed by atoms with Gasteiger partial charge in [-0.25, -0.2) is 4.98 Å². The highest BCUT2D eigenvalue weighted by Gasteiger charge is 2.14. The molecule has 1 heterocycles. The van der Waals surface area contributed by atoms with Gasteiger partial charge in [0, 0.05) is 26.2 Å². The summed E-state index contributed by atoms with van der Waals surface area (Å²) in [6.07, 6.45) is 1.46. The van der Waals surface area contributed by atoms with Crippen molar-refractivity contribution in [2.24, 2.45) is 0 Å². The first kappa shape index (κ1) is 14.9. The standard InChI is InChI=1S/C11H13ClN4O3/c1-7(17)13-5-6-15-10(18)11(19)16-8-3-2-4-14-9(8)12/h2-4H,5-6H2,1H3,(H,13,17)(H,15,18)(H,16,19). The predicted molar refractivity (Wildman–Crippen MR) is 69.6 cm³/mol. The molecule has 0 atom stereocenters. The number of nitrogens with one attached hydrogen (secondary N) is 3. The summed E-state index contributed by atoms with van der Waals surface area (Å²) in [5.41, 5.74) is 0.256. The van der Waals surface area contributed by atoms with E-state index in [1.807, 2.05) is 0 Å². The number of pyridine rings is 1. The van der Waals surface area contributed by atoms with E-state index in [-0.39, 0.29) is 29.8 Å². The second-order valence-electron chi connectivity index (χ2n) is 3.53. The minimum absolute atomic E-state index is 0.0990. The molecule has 1 rings (SSSR count). The Morgan fingerprint density at radius 3 is 2.53 bits per heavy atom. The first-order valence-corrected chi connectivity index (χ1v) is 5.82. The zero-order valence-corrected chi connectivity index (χ0v) is 11.0. The molecule has 0 unspecified atom stereocenters. The van der Waals surface area contributed by atoms with E-state index in [2.05, 4.69) is 20.9 Å². The lowest BCUT2D eigenvalue weighted by molar-refractivity contribution is -0.136. The molecule has 0 aliphatic heterocycles. The molecular formula is C11H13ClN4O3. The smallest absolute Gasteiger partial charge is 0.313 e. The summed E-state index contributed by atoms with van der Waals surface area (Å²) in [7, 11) is 0. The van der Waals surface area contributed by atoms with Crippen LogP contribution >= 0.6 is 11.6 Å². The van der Waals surface area contributed by atoms with Gasteiger partial charge in [0.25, 0.3) is 0 Å². The van der Waals surface area contributed by atoms with Gasteiger partial charge < -0.3 is 16.0 Å². The first-order valence-electron chi connectivity index (χ1n) is 5.45. The number of hydrogen-bond donors (Lipinski definition) is 3. The van der Waals surface area contributed by atoms with Gasteiger partial charge in [-0.15, -0.1) is 0 Å². The fourth-order valence-corrected chi connectivity index (χ4v) is 1.32. The Morgan fingerprint density at radius 2 is 1.89 bits per heavy atom. The largest absolute Gasteiger partial charge is 0.355 e. The molecule has 0 aliphatic carbocycles. The molecule has 0 fully saturated rings. The number of nitrogens with zero attached hydrogens (tertiary/aromatic N) is 1. The average Bonchev–Trinajstić information content (AvgIpc) is 2.36. The Morgan fingerprint density at radius 1 is 1.21 bits per heavy atom. The third kappa shape index (κ3) is 5.35. The van der Waals surface area contributed by atoms with Crippen LogP contribution in [-0.4, -0.2) is 35.8 Å². The maximum atomic E-state index is 11.5. The van der Waals surface area contributed by atoms with Gasteiger partial charge in [0.1, 0.15) is 0 Å². The summed E-state index contributed by atoms with van der Waals surface area (Å²) in [6, 6.07) is 3.11. The molecule has 0 saturated heterocycles. The van der Waals surface area contributed by atoms with Crippen LogP contribution in [0.3, 0.4) is 0 Å². The van der Waals surface area contributed by atoms with E-state index in [4.69, 9.17) is 11.6 Å². The van der Waals surface area contributed by atoms with Crippen LogP contribution in [-0.2, 0) is 14.4 Å². The highest BCUT2D eigenvalue weighted by atomic mass is 35.5. The summed E-state index contributed by atoms with van der Waals surface area (Å²) < 4.78 is 0. The van der Waals surface area contributed by atoms with Gasteiger partial charge in [0.2, 0.25) is 5.91 Å². The lowest BCUT2D eigenvalue weighted by atomic mass is 10.4. The Hall–Kier alpha value is -2.15. The average molecular weight is 285 g/mol. The van der Waals surface area contributed by atoms with E-state index in [0.717, 1.165) is 0 Å². The van der Waals surface area contributed by atoms with E-state index >= 15 is 0 Å². The van der Waals surface area contributed by atoms with Gasteiger partial charge in [0.15, 0.2) is 5.15 Å². The summed E-state index contributed by atoms with van der Waals surface area (Å²) in [5, 5.41) is 7.26. The van der Waals surface area contributed by atoms with Crippen molar-refractivity contribution >= 4 is 35.0 Å². The van der Waals surface area contributed by atoms with Crippen LogP contribution in [0, 0.1) is 0 Å². The van der Waals surface area contributed by atoms with Crippen LogP contribution in [0.5, 0.6) is 0 Å². The minimum atomic E-state index is -0.849. The van der Waals surface area contributed by atoms with Crippen LogP contribution < -0.4 is 16.0 Å². The molecule has 3 N–H and O–H groups in total. The quantitative estimate of drug-likeness (QED) is 0.409. The van der Waals surface area contributed by atoms with Crippen molar-refractivity contribution in [2.75, 3.05) is 18.4 Å². The second-order valence-corrected chi connectivity index (χ2v) is 3.89. The van der Waals surface area contributed by atoms with E-state index in [1.165, 1.54) is 19.2 Å². The normalized spacial score (nSPS) is 9.58. The van der Waals surface area contributed by atoms with Crippen molar-refractivity contribution in [1.82, 2.24) is 15.6 Å². The molecule has 3 amide bonds. The fraction of sp³-hybridized carbons (Fsp3) is 0.273. The van der Waals surface area contributed by atoms with Crippen LogP contribution in [0.15, 0.2) is 18.3 Å². The highest BCUT2D eigenvalue weighted by molar-refractivity contribution is 6.41. The third-order valence-electron chi connectivity index (χ3n) is 2.00. The van der Waals surface area contributed by atoms with E-state index in [9.17, 15) is 14.4 Å². The third-order valence-corrected chi connectivity index (χ3v) is 2.30. The van der Waals surface area contributed by atoms with Crippen molar-refractivity contribution in [3.05, 3.63) is 23.5 Å². The first-order chi connectivity index (χ1) is 9.00. The van der Waals surface area contributed by atoms with Gasteiger partial charge in [-0.2, -0.15) is 0 Å². The van der Waals surface area contributed by atoms with Crippen LogP contribution in [0.1, 0.15) is 6.92 Å². The molecule has 0 aromatic carbocycles. The molecule has 19 heavy (non-hydrogen) atoms. The van der Waals surface area contributed by atoms with Crippen molar-refractivity contribution < 1.29 is 14.4 Å². The Bertz CT molecular complexity index is 493. The number of hydrogen-bond acceptors (Lipinski definition) is 4. The van der Waals surface area contributed by atoms with Crippen molar-refractivity contribution in [3.8, 4) is 0 Å². The lowest BCUT2D eigenvalue weighted by Crippen LogP contribution is -2.39. The molecule has 1 aromatic heterocycles. The van der Waals surface area contributed by atoms with Gasteiger partial charge >= 0.3 is 11.8 Å². The van der Waals surface area contributed by atoms with Gasteiger partial charge in [-0.05, 0) is 12.1 Å². The number of rotatable bonds is 4. The summed E-state index contributed by atoms with van der Waals surface area (Å²) >= 11 is 5.73. The zero-order valence-electron chi connectivity index (χ0n) is 10.2. The van der Waals surface area contributed by atoms with Gasteiger partial charge in [-0.3, -0.25) is 14.4 Å². The topological polar surface area (TPSA) is 100 Å². The number of amides is 3. The van der Waals surface area contributed by atoms with Gasteiger partial charge in [0.05, 0.1) is 5.69 Å². The van der Waals surface area contributed by atoms with E-state index < -0.39 is 11.8 Å². The molecule has 0 aliphatic rings. The molecule has 7 nitrogen and oxygen atoms in total. The second kappa shape index (κ2) is 7.32. The molecule has 0 radical (unpaired) electrons. The summed E-state index contributed by atoms with van der Waals surface area (Å²) in [4.78, 5) is 37.2. The monoisotopic (exact) mass is 284 g/mol. The van der Waals surface area contributed by atoms with Crippen molar-refractivity contribution in [3.63, 3.8) is 0 Å². The van der Waals surface area contributed by atoms with Gasteiger partial charge in [-0.1, -0.05) is 11.6 Å². The zero-order chi connectivity index (χ0) is 14.3. The Labute approximate surface area is 114 Å². The number of anilines is 1. The fourth-order valence-electron chi connectivity index (χ4n) is 1.15. The number of aromatic nitrogens is 1. The van der Waals surface area contributed by atoms with E-state index in [1.54, 1.807) is 6.07 Å². The van der Waals surface area contributed by atoms with Crippen molar-refractivity contribution in [2.45, 2.75) is 6.92 Å². The molecule has 1 aromatic rings. The lowest BCUT2D eigenvalue weighted by Gasteiger charge is -2.07. The minimum Gasteiger partial charge on any atom is -0.355 e. The van der Waals surface area contributed by atoms with Crippen molar-refractivity contribution in [1.29, 1.82) is 0 Å². The maximum absolute atomic E-state index is 11.5. The molecule has 0 saturated carbocycles. The molecule has 0 bridgehead atoms. The number of carbonyl (C=O) groups excluding carboxylic acids is 3. The van der Waals surface area contributed by atoms with Crippen LogP contribution in [0.25, 0.3) is 0 Å². The summed E-state index contributed by atoms with van der Waals surface area (Å²) in [5.74, 6) is -1.87. The van der Waals surface area contributed by atoms with E-state index in [0.29, 0.717) is 0 Å². The van der Waals surface area contributed by atoms with Crippen LogP contribution in [0.2, 0.25) is 5.15 Å². The number of halogens is 1. The SMILES string of the molecule is CC(=O)NCCNC(=O)C(=O)Nc1cccnc1Cl. The Kier molecular flexibility index (Phi) is 5.74. The molecule has 0 spiro atoms. The predicted octanol–water partition coefficient (Wildman–Crippen LogP) is -0.0742. The maximum Gasteiger partial charge on any atom is 0.313 e.